The average Bonchev–Trinajstić information content (AvgIpc) is 1.97. The van der Waals surface area contributed by atoms with Crippen molar-refractivity contribution in [2.45, 2.75) is 38.0 Å². The Morgan fingerprint density at radius 3 is 2.64 bits per heavy atom. The van der Waals surface area contributed by atoms with Crippen molar-refractivity contribution < 1.29 is 9.84 Å². The summed E-state index contributed by atoms with van der Waals surface area (Å²) in [6.07, 6.45) is -0.166. The van der Waals surface area contributed by atoms with E-state index >= 15 is 0 Å². The Morgan fingerprint density at radius 2 is 2.09 bits per heavy atom. The number of nitrogens with one attached hydrogen (secondary N) is 1. The number of aliphatic hydroxyl groups excluding tert-OH is 1. The molecule has 0 saturated carbocycles. The topological polar surface area (TPSA) is 41.5 Å². The molecule has 4 atom stereocenters. The third kappa shape index (κ3) is 1.95. The van der Waals surface area contributed by atoms with Crippen LogP contribution in [0, 0.1) is 0 Å². The molecule has 0 bridgehead atoms. The van der Waals surface area contributed by atoms with Crippen molar-refractivity contribution in [3.8, 4) is 0 Å². The van der Waals surface area contributed by atoms with E-state index in [1.54, 1.807) is 0 Å². The van der Waals surface area contributed by atoms with E-state index < -0.39 is 0 Å². The summed E-state index contributed by atoms with van der Waals surface area (Å²) in [4.78, 5) is 0. The lowest BCUT2D eigenvalue weighted by Crippen LogP contribution is -2.57. The van der Waals surface area contributed by atoms with E-state index in [4.69, 9.17) is 17.7 Å². The lowest BCUT2D eigenvalue weighted by molar-refractivity contribution is -0.0660. The average molecular weight is 155 g/mol. The molecule has 3 nitrogen and oxygen atoms in total. The van der Waals surface area contributed by atoms with Gasteiger partial charge in [-0.2, -0.15) is 0 Å². The van der Waals surface area contributed by atoms with Gasteiger partial charge < -0.3 is 15.2 Å². The highest BCUT2D eigenvalue weighted by Gasteiger charge is 2.28. The molecule has 4 heteroatoms. The van der Waals surface area contributed by atoms with Gasteiger partial charge >= 0.3 is 0 Å². The number of ether oxygens (including phenoxy) is 1. The van der Waals surface area contributed by atoms with E-state index in [9.17, 15) is 0 Å². The zero-order chi connectivity index (χ0) is 8.43. The molecule has 1 rings (SSSR count). The first kappa shape index (κ1) is 9.04. The molecule has 1 fully saturated rings. The normalized spacial score (nSPS) is 45.7. The minimum atomic E-state index is -0.302. The number of aliphatic hydroxyl groups is 1. The molecule has 1 aliphatic heterocycles. The van der Waals surface area contributed by atoms with Crippen LogP contribution in [0.3, 0.4) is 0 Å². The fourth-order valence-corrected chi connectivity index (χ4v) is 1.26. The minimum absolute atomic E-state index is 0.0224. The molecule has 1 heterocycles. The Bertz CT molecular complexity index is 134. The molecule has 1 aliphatic rings. The van der Waals surface area contributed by atoms with E-state index in [0.29, 0.717) is 0 Å². The van der Waals surface area contributed by atoms with Gasteiger partial charge in [0.25, 0.3) is 0 Å². The van der Waals surface area contributed by atoms with Gasteiger partial charge in [0.1, 0.15) is 7.85 Å². The molecule has 1 saturated heterocycles. The molecular formula is C7H14BNO2. The lowest BCUT2D eigenvalue weighted by Gasteiger charge is -2.38. The van der Waals surface area contributed by atoms with E-state index in [1.807, 2.05) is 13.8 Å². The number of rotatable bonds is 1. The van der Waals surface area contributed by atoms with Gasteiger partial charge in [0.05, 0.1) is 12.7 Å². The summed E-state index contributed by atoms with van der Waals surface area (Å²) in [5.41, 5.74) is 0. The summed E-state index contributed by atoms with van der Waals surface area (Å²) < 4.78 is 5.33. The number of hydrogen-bond donors (Lipinski definition) is 2. The summed E-state index contributed by atoms with van der Waals surface area (Å²) >= 11 is 0. The first-order chi connectivity index (χ1) is 5.15. The van der Waals surface area contributed by atoms with Crippen molar-refractivity contribution in [3.63, 3.8) is 0 Å². The van der Waals surface area contributed by atoms with Crippen molar-refractivity contribution in [1.82, 2.24) is 5.32 Å². The molecule has 11 heavy (non-hydrogen) atoms. The highest BCUT2D eigenvalue weighted by Crippen LogP contribution is 2.11. The van der Waals surface area contributed by atoms with Crippen LogP contribution in [0.1, 0.15) is 13.8 Å². The Balaban J connectivity index is 2.48. The maximum absolute atomic E-state index is 8.84. The van der Waals surface area contributed by atoms with Crippen LogP contribution in [0.2, 0.25) is 0 Å². The van der Waals surface area contributed by atoms with Gasteiger partial charge in [0, 0.05) is 18.1 Å². The molecule has 2 unspecified atom stereocenters. The molecule has 0 amide bonds. The summed E-state index contributed by atoms with van der Waals surface area (Å²) in [5, 5.41) is 12.1. The van der Waals surface area contributed by atoms with Crippen LogP contribution in [0.4, 0.5) is 0 Å². The van der Waals surface area contributed by atoms with Gasteiger partial charge in [0.2, 0.25) is 0 Å². The molecule has 0 aliphatic carbocycles. The van der Waals surface area contributed by atoms with Crippen LogP contribution < -0.4 is 5.32 Å². The van der Waals surface area contributed by atoms with Crippen molar-refractivity contribution in [2.24, 2.45) is 0 Å². The Labute approximate surface area is 68.5 Å². The lowest BCUT2D eigenvalue weighted by atomic mass is 9.90. The highest BCUT2D eigenvalue weighted by molar-refractivity contribution is 6.11. The summed E-state index contributed by atoms with van der Waals surface area (Å²) in [6, 6.07) is 0.0333. The molecule has 2 radical (unpaired) electrons. The highest BCUT2D eigenvalue weighted by atomic mass is 16.5. The zero-order valence-electron chi connectivity index (χ0n) is 6.95. The van der Waals surface area contributed by atoms with E-state index in [-0.39, 0.29) is 30.8 Å². The zero-order valence-corrected chi connectivity index (χ0v) is 6.95. The van der Waals surface area contributed by atoms with E-state index in [0.717, 1.165) is 0 Å². The number of hydrogen-bond acceptors (Lipinski definition) is 3. The monoisotopic (exact) mass is 155 g/mol. The maximum atomic E-state index is 8.84. The minimum Gasteiger partial charge on any atom is -0.394 e. The van der Waals surface area contributed by atoms with E-state index in [2.05, 4.69) is 5.32 Å². The fourth-order valence-electron chi connectivity index (χ4n) is 1.26. The second-order valence-electron chi connectivity index (χ2n) is 3.07. The van der Waals surface area contributed by atoms with Gasteiger partial charge in [-0.25, -0.2) is 0 Å². The van der Waals surface area contributed by atoms with E-state index in [1.165, 1.54) is 0 Å². The van der Waals surface area contributed by atoms with Crippen molar-refractivity contribution >= 4 is 7.85 Å². The van der Waals surface area contributed by atoms with Gasteiger partial charge in [-0.15, -0.1) is 0 Å². The standard InChI is InChI=1S/C7H14BNO2/c1-4-6(3-10)11-7(8)5(2)9-4/h4-7,9-10H,3H2,1-2H3/t4?,5?,6-,7-/m1/s1. The second-order valence-corrected chi connectivity index (χ2v) is 3.07. The predicted molar refractivity (Wildman–Crippen MR) is 43.6 cm³/mol. The third-order valence-corrected chi connectivity index (χ3v) is 2.09. The van der Waals surface area contributed by atoms with Crippen molar-refractivity contribution in [2.75, 3.05) is 6.61 Å². The Kier molecular flexibility index (Phi) is 2.93. The molecular weight excluding hydrogens is 141 g/mol. The molecule has 0 spiro atoms. The smallest absolute Gasteiger partial charge is 0.111 e. The van der Waals surface area contributed by atoms with Gasteiger partial charge in [-0.3, -0.25) is 0 Å². The van der Waals surface area contributed by atoms with Crippen LogP contribution in [0.25, 0.3) is 0 Å². The largest absolute Gasteiger partial charge is 0.394 e. The van der Waals surface area contributed by atoms with Crippen LogP contribution in [-0.2, 0) is 4.74 Å². The predicted octanol–water partition coefficient (Wildman–Crippen LogP) is -0.761. The van der Waals surface area contributed by atoms with Crippen LogP contribution in [-0.4, -0.2) is 43.8 Å². The maximum Gasteiger partial charge on any atom is 0.111 e. The van der Waals surface area contributed by atoms with Gasteiger partial charge in [-0.1, -0.05) is 0 Å². The summed E-state index contributed by atoms with van der Waals surface area (Å²) in [6.45, 7) is 3.96. The number of morpholine rings is 1. The Morgan fingerprint density at radius 1 is 1.45 bits per heavy atom. The first-order valence-corrected chi connectivity index (χ1v) is 3.93. The molecule has 0 aromatic carbocycles. The van der Waals surface area contributed by atoms with Gasteiger partial charge in [-0.05, 0) is 13.8 Å². The molecule has 2 N–H and O–H groups in total. The third-order valence-electron chi connectivity index (χ3n) is 2.09. The first-order valence-electron chi connectivity index (χ1n) is 3.93. The molecule has 0 aromatic heterocycles. The Hall–Kier alpha value is -0.0551. The van der Waals surface area contributed by atoms with Crippen LogP contribution >= 0.6 is 0 Å². The van der Waals surface area contributed by atoms with Crippen molar-refractivity contribution in [1.29, 1.82) is 0 Å². The van der Waals surface area contributed by atoms with Crippen molar-refractivity contribution in [3.05, 3.63) is 0 Å². The molecule has 0 aromatic rings. The molecule has 62 valence electrons. The quantitative estimate of drug-likeness (QED) is 0.489. The van der Waals surface area contributed by atoms with Gasteiger partial charge in [0.15, 0.2) is 0 Å². The summed E-state index contributed by atoms with van der Waals surface area (Å²) in [7, 11) is 5.61. The SMILES string of the molecule is [B][C@@H]1O[C@H](CO)C(C)NC1C. The summed E-state index contributed by atoms with van der Waals surface area (Å²) in [5.74, 6) is 0. The van der Waals surface area contributed by atoms with Crippen LogP contribution in [0.5, 0.6) is 0 Å². The van der Waals surface area contributed by atoms with Crippen LogP contribution in [0.15, 0.2) is 0 Å². The fraction of sp³-hybridized carbons (Fsp3) is 1.00. The second kappa shape index (κ2) is 3.56.